The Hall–Kier alpha value is -1.42. The average Bonchev–Trinajstić information content (AvgIpc) is 0.777. The van der Waals surface area contributed by atoms with Gasteiger partial charge in [-0.1, -0.05) is 365 Å². The molecule has 0 aliphatic carbocycles. The molecule has 10 atom stereocenters. The van der Waals surface area contributed by atoms with Crippen LogP contribution >= 0.6 is 0 Å². The Morgan fingerprint density at radius 2 is 0.426 bits per heavy atom. The zero-order valence-corrected chi connectivity index (χ0v) is 68.5. The monoisotopic (exact) mass is 1440 g/mol. The number of unbranched alkanes of at least 4 members (excludes halogenated alkanes) is 42. The second-order valence-electron chi connectivity index (χ2n) is 30.9. The lowest BCUT2D eigenvalue weighted by Gasteiger charge is -2.49. The van der Waals surface area contributed by atoms with Gasteiger partial charge in [0.25, 0.3) is 0 Å². The summed E-state index contributed by atoms with van der Waals surface area (Å²) in [4.78, 5) is 29.7. The summed E-state index contributed by atoms with van der Waals surface area (Å²) in [5.74, 6) is -0.681. The molecule has 2 heterocycles. The van der Waals surface area contributed by atoms with Gasteiger partial charge in [-0.2, -0.15) is 0 Å². The Kier molecular flexibility index (Phi) is 66.6. The maximum absolute atomic E-state index is 14.9. The third-order valence-corrected chi connectivity index (χ3v) is 21.4. The smallest absolute Gasteiger partial charge is 0.309 e. The fourth-order valence-electron chi connectivity index (χ4n) is 14.5. The highest BCUT2D eigenvalue weighted by Gasteiger charge is 2.55. The van der Waals surface area contributed by atoms with Gasteiger partial charge in [-0.25, -0.2) is 0 Å². The molecule has 0 aromatic heterocycles. The second-order valence-corrected chi connectivity index (χ2v) is 30.9. The van der Waals surface area contributed by atoms with Crippen molar-refractivity contribution in [2.45, 2.75) is 490 Å². The van der Waals surface area contributed by atoms with Crippen LogP contribution in [0.1, 0.15) is 429 Å². The molecule has 0 saturated carbocycles. The van der Waals surface area contributed by atoms with Crippen LogP contribution in [0.15, 0.2) is 0 Å². The number of esters is 2. The number of carbonyl (C=O) groups excluding carboxylic acids is 2. The molecule has 0 spiro atoms. The topological polar surface area (TPSA) is 136 Å². The largest absolute Gasteiger partial charge is 0.463 e. The van der Waals surface area contributed by atoms with E-state index in [1.54, 1.807) is 0 Å². The Labute approximate surface area is 625 Å². The summed E-state index contributed by atoms with van der Waals surface area (Å²) in [6, 6.07) is 0. The number of rotatable bonds is 76. The Morgan fingerprint density at radius 1 is 0.238 bits per heavy atom. The van der Waals surface area contributed by atoms with Gasteiger partial charge in [0.05, 0.1) is 11.8 Å². The van der Waals surface area contributed by atoms with E-state index in [4.69, 9.17) is 52.1 Å². The maximum atomic E-state index is 14.9. The van der Waals surface area contributed by atoms with Crippen LogP contribution in [-0.2, 0) is 61.7 Å². The summed E-state index contributed by atoms with van der Waals surface area (Å²) in [6.07, 6.45) is 56.6. The van der Waals surface area contributed by atoms with Gasteiger partial charge in [0, 0.05) is 39.6 Å². The SMILES string of the molecule is CCCCCCCCCCCCC(CCCCCCCCCCCC)C(=O)OCC1O[C@H](O[C@H]2OC(COC(=O)C(CCCCCCCCCCCC)CCCCCCCCCCCC)[C@@H](OCCCC)[C@H](OCCCC)C2OCCCC)C(OCCCC)[C@@H](OCCCC)[C@@H]1OCCCC. The van der Waals surface area contributed by atoms with Crippen LogP contribution in [-0.4, -0.2) is 126 Å². The summed E-state index contributed by atoms with van der Waals surface area (Å²) in [7, 11) is 0. The fraction of sp³-hybridized carbons (Fsp3) is 0.977. The van der Waals surface area contributed by atoms with E-state index < -0.39 is 61.4 Å². The highest BCUT2D eigenvalue weighted by atomic mass is 16.8. The van der Waals surface area contributed by atoms with E-state index in [0.29, 0.717) is 39.6 Å². The molecule has 2 saturated heterocycles. The number of hydrogen-bond acceptors (Lipinski definition) is 13. The first kappa shape index (κ1) is 95.7. The molecule has 13 nitrogen and oxygen atoms in total. The Balaban J connectivity index is 2.68. The molecule has 0 aromatic rings. The third kappa shape index (κ3) is 47.9. The molecular weight excluding hydrogens is 1260 g/mol. The van der Waals surface area contributed by atoms with Crippen molar-refractivity contribution in [1.29, 1.82) is 0 Å². The predicted octanol–water partition coefficient (Wildman–Crippen LogP) is 25.1. The van der Waals surface area contributed by atoms with Crippen LogP contribution in [0.3, 0.4) is 0 Å². The zero-order chi connectivity index (χ0) is 73.1. The summed E-state index contributed by atoms with van der Waals surface area (Å²) in [6.45, 7) is 25.0. The highest BCUT2D eigenvalue weighted by Crippen LogP contribution is 2.37. The molecule has 101 heavy (non-hydrogen) atoms. The number of hydrogen-bond donors (Lipinski definition) is 0. The first-order valence-corrected chi connectivity index (χ1v) is 44.7. The van der Waals surface area contributed by atoms with E-state index in [-0.39, 0.29) is 37.0 Å². The minimum absolute atomic E-state index is 0.0204. The lowest BCUT2D eigenvalue weighted by atomic mass is 9.93. The molecular formula is C88H170O13. The van der Waals surface area contributed by atoms with E-state index in [1.807, 2.05) is 0 Å². The van der Waals surface area contributed by atoms with Crippen molar-refractivity contribution < 1.29 is 61.7 Å². The summed E-state index contributed by atoms with van der Waals surface area (Å²) in [5.41, 5.74) is 0. The van der Waals surface area contributed by atoms with Crippen LogP contribution in [0.25, 0.3) is 0 Å². The zero-order valence-electron chi connectivity index (χ0n) is 68.5. The molecule has 0 bridgehead atoms. The van der Waals surface area contributed by atoms with E-state index in [0.717, 1.165) is 154 Å². The molecule has 0 aromatic carbocycles. The highest BCUT2D eigenvalue weighted by molar-refractivity contribution is 5.72. The minimum atomic E-state index is -1.06. The molecule has 4 unspecified atom stereocenters. The minimum Gasteiger partial charge on any atom is -0.463 e. The summed E-state index contributed by atoms with van der Waals surface area (Å²) in [5, 5.41) is 0. The fourth-order valence-corrected chi connectivity index (χ4v) is 14.5. The first-order valence-electron chi connectivity index (χ1n) is 44.7. The van der Waals surface area contributed by atoms with Gasteiger partial charge < -0.3 is 52.1 Å². The van der Waals surface area contributed by atoms with Crippen molar-refractivity contribution in [3.63, 3.8) is 0 Å². The van der Waals surface area contributed by atoms with E-state index in [9.17, 15) is 9.59 Å². The van der Waals surface area contributed by atoms with Gasteiger partial charge in [-0.3, -0.25) is 9.59 Å². The Bertz CT molecular complexity index is 1590. The molecule has 0 N–H and O–H groups in total. The van der Waals surface area contributed by atoms with Crippen molar-refractivity contribution in [2.24, 2.45) is 11.8 Å². The summed E-state index contributed by atoms with van der Waals surface area (Å²) < 4.78 is 77.2. The van der Waals surface area contributed by atoms with Gasteiger partial charge in [-0.15, -0.1) is 0 Å². The molecule has 0 radical (unpaired) electrons. The number of carbonyl (C=O) groups is 2. The van der Waals surface area contributed by atoms with Gasteiger partial charge >= 0.3 is 11.9 Å². The van der Waals surface area contributed by atoms with E-state index in [2.05, 4.69) is 69.2 Å². The molecule has 2 rings (SSSR count). The second kappa shape index (κ2) is 70.3. The molecule has 600 valence electrons. The predicted molar refractivity (Wildman–Crippen MR) is 421 cm³/mol. The standard InChI is InChI=1S/C88H170O13/c1-11-21-31-35-39-43-47-51-55-59-63-75(64-60-56-52-48-44-40-36-32-22-12-2)85(89)97-73-77-79(91-67-25-15-5)81(93-69-27-17-7)83(95-71-29-19-9)87(99-77)101-88-84(96-72-30-20-10)82(94-70-28-18-8)80(92-68-26-16-6)78(100-88)74-98-86(90)76(65-61-57-53-49-45-41-37-33-23-13-3)66-62-58-54-50-46-42-38-34-24-14-4/h75-84,87-88H,11-74H2,1-10H3/t77?,78?,79-,80-,81+,82+,83?,84?,87-,88-/m1/s1. The third-order valence-electron chi connectivity index (χ3n) is 21.4. The quantitative estimate of drug-likeness (QED) is 0.0423. The maximum Gasteiger partial charge on any atom is 0.309 e. The number of ether oxygens (including phenoxy) is 11. The molecule has 2 aliphatic rings. The molecule has 2 aliphatic heterocycles. The van der Waals surface area contributed by atoms with Crippen LogP contribution in [0.5, 0.6) is 0 Å². The van der Waals surface area contributed by atoms with Crippen LogP contribution in [0, 0.1) is 11.8 Å². The van der Waals surface area contributed by atoms with Crippen molar-refractivity contribution in [3.05, 3.63) is 0 Å². The normalized spacial score (nSPS) is 21.0. The van der Waals surface area contributed by atoms with Crippen LogP contribution < -0.4 is 0 Å². The lowest BCUT2D eigenvalue weighted by molar-refractivity contribution is -0.390. The molecule has 2 fully saturated rings. The van der Waals surface area contributed by atoms with Gasteiger partial charge in [-0.05, 0) is 64.2 Å². The van der Waals surface area contributed by atoms with E-state index in [1.165, 1.54) is 205 Å². The summed E-state index contributed by atoms with van der Waals surface area (Å²) >= 11 is 0. The van der Waals surface area contributed by atoms with Gasteiger partial charge in [0.2, 0.25) is 0 Å². The average molecular weight is 1440 g/mol. The van der Waals surface area contributed by atoms with E-state index >= 15 is 0 Å². The Morgan fingerprint density at radius 3 is 0.644 bits per heavy atom. The van der Waals surface area contributed by atoms with Crippen molar-refractivity contribution in [3.8, 4) is 0 Å². The van der Waals surface area contributed by atoms with Crippen LogP contribution in [0.4, 0.5) is 0 Å². The van der Waals surface area contributed by atoms with Crippen molar-refractivity contribution >= 4 is 11.9 Å². The first-order chi connectivity index (χ1) is 49.7. The van der Waals surface area contributed by atoms with Crippen LogP contribution in [0.2, 0.25) is 0 Å². The van der Waals surface area contributed by atoms with Crippen molar-refractivity contribution in [1.82, 2.24) is 0 Å². The molecule has 13 heteroatoms. The molecule has 0 amide bonds. The van der Waals surface area contributed by atoms with Gasteiger partial charge in [0.1, 0.15) is 62.0 Å². The van der Waals surface area contributed by atoms with Gasteiger partial charge in [0.15, 0.2) is 12.6 Å². The lowest BCUT2D eigenvalue weighted by Crippen LogP contribution is -2.66. The van der Waals surface area contributed by atoms with Crippen molar-refractivity contribution in [2.75, 3.05) is 52.9 Å².